The molecular weight excluding hydrogens is 261 g/mol. The van der Waals surface area contributed by atoms with Crippen molar-refractivity contribution in [3.8, 4) is 0 Å². The maximum Gasteiger partial charge on any atom is 0.420 e. The summed E-state index contributed by atoms with van der Waals surface area (Å²) in [4.78, 5) is 0. The van der Waals surface area contributed by atoms with Crippen LogP contribution in [0.3, 0.4) is 0 Å². The molecule has 2 aliphatic heterocycles. The summed E-state index contributed by atoms with van der Waals surface area (Å²) in [6, 6.07) is -0.0928. The molecule has 1 aliphatic carbocycles. The van der Waals surface area contributed by atoms with Gasteiger partial charge in [-0.2, -0.15) is 0 Å². The van der Waals surface area contributed by atoms with Crippen LogP contribution in [0.15, 0.2) is 12.2 Å². The Bertz CT molecular complexity index is 377. The second-order valence-electron chi connectivity index (χ2n) is 3.95. The van der Waals surface area contributed by atoms with E-state index in [4.69, 9.17) is 9.05 Å². The van der Waals surface area contributed by atoms with E-state index in [2.05, 4.69) is 0 Å². The summed E-state index contributed by atoms with van der Waals surface area (Å²) < 4.78 is 36.8. The second-order valence-corrected chi connectivity index (χ2v) is 7.66. The summed E-state index contributed by atoms with van der Waals surface area (Å²) in [5.41, 5.74) is 0. The fourth-order valence-corrected chi connectivity index (χ4v) is 6.39. The fraction of sp³-hybridized carbons (Fsp3) is 0.800. The molecule has 98 valence electrons. The van der Waals surface area contributed by atoms with Gasteiger partial charge < -0.3 is 0 Å². The molecule has 0 amide bonds. The SMILES string of the molecule is CCOP(=O)(OCC)N1[C@@H]2C=C[C@@H](CC2)S1=O. The maximum atomic E-state index is 12.6. The Kier molecular flexibility index (Phi) is 4.21. The summed E-state index contributed by atoms with van der Waals surface area (Å²) >= 11 is 0. The molecule has 0 aromatic carbocycles. The molecule has 1 unspecified atom stereocenters. The molecule has 2 bridgehead atoms. The van der Waals surface area contributed by atoms with E-state index in [-0.39, 0.29) is 24.5 Å². The van der Waals surface area contributed by atoms with E-state index in [0.29, 0.717) is 0 Å². The quantitative estimate of drug-likeness (QED) is 0.572. The van der Waals surface area contributed by atoms with E-state index in [1.54, 1.807) is 13.8 Å². The van der Waals surface area contributed by atoms with Crippen molar-refractivity contribution in [2.24, 2.45) is 0 Å². The van der Waals surface area contributed by atoms with Crippen LogP contribution in [0, 0.1) is 0 Å². The highest BCUT2D eigenvalue weighted by molar-refractivity contribution is 7.89. The molecule has 3 aliphatic rings. The third-order valence-corrected chi connectivity index (χ3v) is 7.43. The smallest absolute Gasteiger partial charge is 0.296 e. The van der Waals surface area contributed by atoms with Crippen molar-refractivity contribution in [2.45, 2.75) is 38.0 Å². The van der Waals surface area contributed by atoms with E-state index in [1.807, 2.05) is 12.2 Å². The first kappa shape index (κ1) is 13.4. The molecule has 17 heavy (non-hydrogen) atoms. The molecule has 2 heterocycles. The lowest BCUT2D eigenvalue weighted by Crippen LogP contribution is -2.46. The average Bonchev–Trinajstić information content (AvgIpc) is 2.30. The van der Waals surface area contributed by atoms with Crippen molar-refractivity contribution in [3.63, 3.8) is 0 Å². The molecule has 0 saturated carbocycles. The number of nitrogens with zero attached hydrogens (tertiary/aromatic N) is 1. The minimum Gasteiger partial charge on any atom is -0.296 e. The van der Waals surface area contributed by atoms with Gasteiger partial charge in [0.15, 0.2) is 0 Å². The van der Waals surface area contributed by atoms with Crippen molar-refractivity contribution in [1.82, 2.24) is 4.08 Å². The lowest BCUT2D eigenvalue weighted by molar-refractivity contribution is 0.182. The molecular formula is C10H18NO4PS. The Morgan fingerprint density at radius 1 is 1.29 bits per heavy atom. The first-order valence-electron chi connectivity index (χ1n) is 5.90. The number of hydrogen-bond acceptors (Lipinski definition) is 4. The standard InChI is InChI=1S/C10H18NO4PS/c1-3-14-16(12,15-4-2)11-9-5-7-10(8-6-9)17(11)13/h5,7,9-10H,3-4,6,8H2,1-2H3/t9-,10+,17?/m1/s1. The van der Waals surface area contributed by atoms with Crippen LogP contribution in [0.2, 0.25) is 0 Å². The van der Waals surface area contributed by atoms with Crippen LogP contribution in [-0.4, -0.2) is 32.8 Å². The minimum absolute atomic E-state index is 0.0470. The zero-order valence-electron chi connectivity index (χ0n) is 10.1. The Morgan fingerprint density at radius 2 is 1.94 bits per heavy atom. The first-order valence-corrected chi connectivity index (χ1v) is 8.56. The molecule has 0 aromatic rings. The summed E-state index contributed by atoms with van der Waals surface area (Å²) in [5.74, 6) is 0. The van der Waals surface area contributed by atoms with Gasteiger partial charge in [-0.05, 0) is 26.7 Å². The highest BCUT2D eigenvalue weighted by Gasteiger charge is 2.48. The van der Waals surface area contributed by atoms with Gasteiger partial charge in [-0.1, -0.05) is 12.2 Å². The van der Waals surface area contributed by atoms with Crippen LogP contribution in [0.25, 0.3) is 0 Å². The molecule has 7 heteroatoms. The lowest BCUT2D eigenvalue weighted by atomic mass is 10.0. The molecule has 0 spiro atoms. The van der Waals surface area contributed by atoms with Crippen molar-refractivity contribution < 1.29 is 17.8 Å². The van der Waals surface area contributed by atoms with Crippen LogP contribution in [0.5, 0.6) is 0 Å². The van der Waals surface area contributed by atoms with Crippen LogP contribution < -0.4 is 0 Å². The van der Waals surface area contributed by atoms with Crippen LogP contribution in [-0.2, 0) is 24.6 Å². The lowest BCUT2D eigenvalue weighted by Gasteiger charge is -2.41. The number of hydrogen-bond donors (Lipinski definition) is 0. The van der Waals surface area contributed by atoms with Gasteiger partial charge >= 0.3 is 7.75 Å². The predicted octanol–water partition coefficient (Wildman–Crippen LogP) is 2.23. The third-order valence-electron chi connectivity index (χ3n) is 2.85. The fourth-order valence-electron chi connectivity index (χ4n) is 2.16. The highest BCUT2D eigenvalue weighted by Crippen LogP contribution is 2.57. The van der Waals surface area contributed by atoms with E-state index < -0.39 is 18.7 Å². The van der Waals surface area contributed by atoms with E-state index in [1.165, 1.54) is 4.08 Å². The van der Waals surface area contributed by atoms with E-state index in [0.717, 1.165) is 12.8 Å². The Hall–Kier alpha value is -0.0000000000000000555. The van der Waals surface area contributed by atoms with E-state index in [9.17, 15) is 8.77 Å². The molecule has 1 fully saturated rings. The van der Waals surface area contributed by atoms with Crippen molar-refractivity contribution in [2.75, 3.05) is 13.2 Å². The summed E-state index contributed by atoms with van der Waals surface area (Å²) in [7, 11) is -4.72. The monoisotopic (exact) mass is 279 g/mol. The Labute approximate surface area is 104 Å². The molecule has 0 radical (unpaired) electrons. The van der Waals surface area contributed by atoms with E-state index >= 15 is 0 Å². The normalized spacial score (nSPS) is 33.2. The summed E-state index contributed by atoms with van der Waals surface area (Å²) in [6.45, 7) is 4.08. The van der Waals surface area contributed by atoms with Gasteiger partial charge in [-0.15, -0.1) is 4.08 Å². The molecule has 1 saturated heterocycles. The Morgan fingerprint density at radius 3 is 2.35 bits per heavy atom. The van der Waals surface area contributed by atoms with Gasteiger partial charge in [0.05, 0.1) is 24.5 Å². The van der Waals surface area contributed by atoms with Crippen molar-refractivity contribution >= 4 is 18.7 Å². The predicted molar refractivity (Wildman–Crippen MR) is 66.8 cm³/mol. The maximum absolute atomic E-state index is 12.6. The van der Waals surface area contributed by atoms with Gasteiger partial charge in [0, 0.05) is 0 Å². The summed E-state index contributed by atoms with van der Waals surface area (Å²) in [5, 5.41) is -0.0470. The second kappa shape index (κ2) is 5.33. The zero-order valence-corrected chi connectivity index (χ0v) is 11.8. The third kappa shape index (κ3) is 2.42. The van der Waals surface area contributed by atoms with Gasteiger partial charge in [-0.3, -0.25) is 9.05 Å². The van der Waals surface area contributed by atoms with Gasteiger partial charge in [0.1, 0.15) is 11.0 Å². The first-order chi connectivity index (χ1) is 8.12. The van der Waals surface area contributed by atoms with Gasteiger partial charge in [0.25, 0.3) is 0 Å². The average molecular weight is 279 g/mol. The molecule has 3 rings (SSSR count). The highest BCUT2D eigenvalue weighted by atomic mass is 32.2. The number of rotatable bonds is 5. The molecule has 5 nitrogen and oxygen atoms in total. The van der Waals surface area contributed by atoms with Crippen LogP contribution in [0.4, 0.5) is 0 Å². The molecule has 0 N–H and O–H groups in total. The van der Waals surface area contributed by atoms with Crippen LogP contribution in [0.1, 0.15) is 26.7 Å². The topological polar surface area (TPSA) is 55.8 Å². The molecule has 0 aromatic heterocycles. The zero-order chi connectivity index (χ0) is 12.5. The van der Waals surface area contributed by atoms with Crippen molar-refractivity contribution in [3.05, 3.63) is 12.2 Å². The van der Waals surface area contributed by atoms with Gasteiger partial charge in [0.2, 0.25) is 0 Å². The largest absolute Gasteiger partial charge is 0.420 e. The number of fused-ring (bicyclic) bond motifs is 2. The minimum atomic E-state index is -3.41. The molecule has 3 atom stereocenters. The summed E-state index contributed by atoms with van der Waals surface area (Å²) in [6.07, 6.45) is 5.64. The van der Waals surface area contributed by atoms with Crippen LogP contribution >= 0.6 is 7.75 Å². The Balaban J connectivity index is 2.28. The van der Waals surface area contributed by atoms with Gasteiger partial charge in [-0.25, -0.2) is 8.77 Å². The van der Waals surface area contributed by atoms with Crippen molar-refractivity contribution in [1.29, 1.82) is 0 Å².